The summed E-state index contributed by atoms with van der Waals surface area (Å²) in [5.74, 6) is 0.589. The van der Waals surface area contributed by atoms with Gasteiger partial charge in [-0.2, -0.15) is 0 Å². The Kier molecular flexibility index (Phi) is 4.94. The molecule has 0 unspecified atom stereocenters. The van der Waals surface area contributed by atoms with Gasteiger partial charge < -0.3 is 9.88 Å². The molecule has 0 bridgehead atoms. The lowest BCUT2D eigenvalue weighted by molar-refractivity contribution is -0.117. The van der Waals surface area contributed by atoms with E-state index in [-0.39, 0.29) is 17.4 Å². The number of carbonyl (C=O) groups is 1. The molecule has 150 valence electrons. The zero-order chi connectivity index (χ0) is 20.7. The Balaban J connectivity index is 1.80. The van der Waals surface area contributed by atoms with Gasteiger partial charge in [-0.3, -0.25) is 14.6 Å². The van der Waals surface area contributed by atoms with Crippen LogP contribution in [0.3, 0.4) is 0 Å². The molecule has 4 rings (SSSR count). The highest BCUT2D eigenvalue weighted by Gasteiger charge is 2.29. The van der Waals surface area contributed by atoms with E-state index in [2.05, 4.69) is 23.3 Å². The summed E-state index contributed by atoms with van der Waals surface area (Å²) in [5, 5.41) is 3.70. The average Bonchev–Trinajstić information content (AvgIpc) is 3.51. The second-order valence-electron chi connectivity index (χ2n) is 7.95. The van der Waals surface area contributed by atoms with Gasteiger partial charge in [0.25, 0.3) is 5.56 Å². The lowest BCUT2D eigenvalue weighted by Crippen LogP contribution is -2.20. The Morgan fingerprint density at radius 2 is 2.00 bits per heavy atom. The van der Waals surface area contributed by atoms with Gasteiger partial charge in [0.05, 0.1) is 5.52 Å². The first-order chi connectivity index (χ1) is 13.9. The van der Waals surface area contributed by atoms with Gasteiger partial charge in [0, 0.05) is 53.1 Å². The molecule has 1 amide bonds. The van der Waals surface area contributed by atoms with E-state index in [1.54, 1.807) is 23.9 Å². The van der Waals surface area contributed by atoms with Crippen molar-refractivity contribution in [1.29, 1.82) is 0 Å². The Morgan fingerprint density at radius 1 is 1.24 bits per heavy atom. The quantitative estimate of drug-likeness (QED) is 0.716. The molecule has 3 heterocycles. The molecule has 0 aliphatic heterocycles. The SMILES string of the molecule is CCCc1cc(C)c(-c2cc3cnc(NC(=O)C4CC4)cc3n(C)c2=O)c(C)n1. The van der Waals surface area contributed by atoms with E-state index < -0.39 is 0 Å². The summed E-state index contributed by atoms with van der Waals surface area (Å²) in [7, 11) is 1.75. The van der Waals surface area contributed by atoms with E-state index in [0.29, 0.717) is 11.4 Å². The van der Waals surface area contributed by atoms with Crippen LogP contribution in [-0.2, 0) is 18.3 Å². The maximum atomic E-state index is 13.2. The van der Waals surface area contributed by atoms with Crippen molar-refractivity contribution in [3.05, 3.63) is 51.7 Å². The van der Waals surface area contributed by atoms with E-state index in [0.717, 1.165) is 59.1 Å². The van der Waals surface area contributed by atoms with Gasteiger partial charge in [-0.05, 0) is 50.8 Å². The van der Waals surface area contributed by atoms with Crippen molar-refractivity contribution in [3.8, 4) is 11.1 Å². The number of fused-ring (bicyclic) bond motifs is 1. The number of rotatable bonds is 5. The molecule has 3 aromatic rings. The molecule has 0 aromatic carbocycles. The average molecular weight is 390 g/mol. The van der Waals surface area contributed by atoms with Crippen molar-refractivity contribution < 1.29 is 4.79 Å². The highest BCUT2D eigenvalue weighted by Crippen LogP contribution is 2.31. The number of aryl methyl sites for hydroxylation is 4. The van der Waals surface area contributed by atoms with E-state index >= 15 is 0 Å². The van der Waals surface area contributed by atoms with Crippen molar-refractivity contribution in [2.24, 2.45) is 13.0 Å². The Morgan fingerprint density at radius 3 is 2.66 bits per heavy atom. The van der Waals surface area contributed by atoms with Crippen LogP contribution in [0, 0.1) is 19.8 Å². The van der Waals surface area contributed by atoms with Crippen molar-refractivity contribution in [1.82, 2.24) is 14.5 Å². The minimum absolute atomic E-state index is 0.00274. The van der Waals surface area contributed by atoms with E-state index in [1.807, 2.05) is 19.9 Å². The number of aromatic nitrogens is 3. The molecule has 1 aliphatic rings. The first-order valence-corrected chi connectivity index (χ1v) is 10.2. The minimum atomic E-state index is -0.0839. The highest BCUT2D eigenvalue weighted by molar-refractivity contribution is 5.95. The zero-order valence-corrected chi connectivity index (χ0v) is 17.4. The third-order valence-electron chi connectivity index (χ3n) is 5.53. The Bertz CT molecular complexity index is 1150. The minimum Gasteiger partial charge on any atom is -0.311 e. The number of hydrogen-bond acceptors (Lipinski definition) is 4. The highest BCUT2D eigenvalue weighted by atomic mass is 16.2. The summed E-state index contributed by atoms with van der Waals surface area (Å²) in [6, 6.07) is 5.72. The fourth-order valence-corrected chi connectivity index (χ4v) is 3.89. The second kappa shape index (κ2) is 7.43. The predicted octanol–water partition coefficient (Wildman–Crippen LogP) is 3.91. The fourth-order valence-electron chi connectivity index (χ4n) is 3.89. The number of amides is 1. The van der Waals surface area contributed by atoms with Gasteiger partial charge in [0.1, 0.15) is 5.82 Å². The zero-order valence-electron chi connectivity index (χ0n) is 17.4. The smallest absolute Gasteiger partial charge is 0.258 e. The van der Waals surface area contributed by atoms with Gasteiger partial charge in [-0.15, -0.1) is 0 Å². The number of carbonyl (C=O) groups excluding carboxylic acids is 1. The van der Waals surface area contributed by atoms with Gasteiger partial charge >= 0.3 is 0 Å². The van der Waals surface area contributed by atoms with Crippen LogP contribution >= 0.6 is 0 Å². The molecule has 3 aromatic heterocycles. The summed E-state index contributed by atoms with van der Waals surface area (Å²) in [4.78, 5) is 34.3. The van der Waals surface area contributed by atoms with E-state index in [1.165, 1.54) is 0 Å². The van der Waals surface area contributed by atoms with Gasteiger partial charge in [-0.25, -0.2) is 4.98 Å². The Hall–Kier alpha value is -3.02. The first kappa shape index (κ1) is 19.3. The van der Waals surface area contributed by atoms with Crippen LogP contribution in [0.5, 0.6) is 0 Å². The molecule has 1 aliphatic carbocycles. The van der Waals surface area contributed by atoms with Crippen LogP contribution in [0.15, 0.2) is 29.2 Å². The maximum absolute atomic E-state index is 13.2. The standard InChI is InChI=1S/C23H26N4O2/c1-5-6-17-9-13(2)21(14(3)25-17)18-10-16-12-24-20(26-22(28)15-7-8-15)11-19(16)27(4)23(18)29/h9-12,15H,5-8H2,1-4H3,(H,24,26,28). The van der Waals surface area contributed by atoms with Crippen molar-refractivity contribution >= 4 is 22.6 Å². The molecule has 6 nitrogen and oxygen atoms in total. The summed E-state index contributed by atoms with van der Waals surface area (Å²) in [6.45, 7) is 6.12. The van der Waals surface area contributed by atoms with Gasteiger partial charge in [0.15, 0.2) is 0 Å². The number of nitrogens with one attached hydrogen (secondary N) is 1. The van der Waals surface area contributed by atoms with E-state index in [4.69, 9.17) is 4.98 Å². The summed E-state index contributed by atoms with van der Waals surface area (Å²) in [5.41, 5.74) is 5.15. The van der Waals surface area contributed by atoms with Crippen LogP contribution in [0.1, 0.15) is 43.1 Å². The van der Waals surface area contributed by atoms with Gasteiger partial charge in [-0.1, -0.05) is 13.3 Å². The number of nitrogens with zero attached hydrogens (tertiary/aromatic N) is 3. The van der Waals surface area contributed by atoms with Crippen LogP contribution in [0.4, 0.5) is 5.82 Å². The monoisotopic (exact) mass is 390 g/mol. The number of hydrogen-bond donors (Lipinski definition) is 1. The predicted molar refractivity (Wildman–Crippen MR) is 115 cm³/mol. The van der Waals surface area contributed by atoms with Crippen LogP contribution < -0.4 is 10.9 Å². The third-order valence-corrected chi connectivity index (χ3v) is 5.53. The maximum Gasteiger partial charge on any atom is 0.258 e. The molecule has 0 atom stereocenters. The van der Waals surface area contributed by atoms with E-state index in [9.17, 15) is 9.59 Å². The van der Waals surface area contributed by atoms with Crippen molar-refractivity contribution in [2.75, 3.05) is 5.32 Å². The van der Waals surface area contributed by atoms with Crippen molar-refractivity contribution in [3.63, 3.8) is 0 Å². The van der Waals surface area contributed by atoms with Crippen LogP contribution in [-0.4, -0.2) is 20.4 Å². The Labute approximate surface area is 170 Å². The fraction of sp³-hybridized carbons (Fsp3) is 0.391. The van der Waals surface area contributed by atoms with Crippen LogP contribution in [0.2, 0.25) is 0 Å². The van der Waals surface area contributed by atoms with Gasteiger partial charge in [0.2, 0.25) is 5.91 Å². The molecule has 1 saturated carbocycles. The molecular formula is C23H26N4O2. The van der Waals surface area contributed by atoms with Crippen molar-refractivity contribution in [2.45, 2.75) is 46.5 Å². The topological polar surface area (TPSA) is 76.9 Å². The molecular weight excluding hydrogens is 364 g/mol. The molecule has 0 saturated heterocycles. The normalized spacial score (nSPS) is 13.7. The molecule has 0 spiro atoms. The lowest BCUT2D eigenvalue weighted by atomic mass is 9.98. The molecule has 6 heteroatoms. The summed E-state index contributed by atoms with van der Waals surface area (Å²) < 4.78 is 1.62. The number of pyridine rings is 3. The largest absolute Gasteiger partial charge is 0.311 e. The first-order valence-electron chi connectivity index (χ1n) is 10.2. The molecule has 1 fully saturated rings. The number of anilines is 1. The molecule has 1 N–H and O–H groups in total. The summed E-state index contributed by atoms with van der Waals surface area (Å²) in [6.07, 6.45) is 5.55. The lowest BCUT2D eigenvalue weighted by Gasteiger charge is -2.14. The van der Waals surface area contributed by atoms with Crippen LogP contribution in [0.25, 0.3) is 22.0 Å². The third kappa shape index (κ3) is 3.67. The molecule has 0 radical (unpaired) electrons. The summed E-state index contributed by atoms with van der Waals surface area (Å²) >= 11 is 0. The second-order valence-corrected chi connectivity index (χ2v) is 7.95. The molecule has 29 heavy (non-hydrogen) atoms.